The molecule has 1 atom stereocenters. The number of piperidine rings is 1. The molecule has 0 radical (unpaired) electrons. The Kier molecular flexibility index (Phi) is 9.31. The molecule has 8 rings (SSSR count). The van der Waals surface area contributed by atoms with Crippen LogP contribution in [-0.2, 0) is 16.1 Å². The lowest BCUT2D eigenvalue weighted by atomic mass is 9.90. The van der Waals surface area contributed by atoms with Gasteiger partial charge in [0.2, 0.25) is 17.8 Å². The highest BCUT2D eigenvalue weighted by Crippen LogP contribution is 2.32. The number of aryl methyl sites for hydroxylation is 1. The molecule has 13 heteroatoms. The van der Waals surface area contributed by atoms with Crippen molar-refractivity contribution in [3.63, 3.8) is 0 Å². The van der Waals surface area contributed by atoms with Crippen molar-refractivity contribution in [1.82, 2.24) is 34.6 Å². The van der Waals surface area contributed by atoms with Gasteiger partial charge in [-0.2, -0.15) is 4.98 Å². The zero-order valence-electron chi connectivity index (χ0n) is 29.8. The van der Waals surface area contributed by atoms with E-state index in [4.69, 9.17) is 4.98 Å². The average molecular weight is 704 g/mol. The summed E-state index contributed by atoms with van der Waals surface area (Å²) >= 11 is 0. The molecule has 4 aliphatic rings. The normalized spacial score (nSPS) is 20.7. The second-order valence-electron chi connectivity index (χ2n) is 14.7. The van der Waals surface area contributed by atoms with Crippen LogP contribution >= 0.6 is 0 Å². The summed E-state index contributed by atoms with van der Waals surface area (Å²) < 4.78 is 1.72. The summed E-state index contributed by atoms with van der Waals surface area (Å²) in [5, 5.41) is 6.39. The topological polar surface area (TPSA) is 146 Å². The molecule has 3 saturated heterocycles. The van der Waals surface area contributed by atoms with Gasteiger partial charge in [-0.15, -0.1) is 0 Å². The first kappa shape index (κ1) is 34.1. The monoisotopic (exact) mass is 703 g/mol. The van der Waals surface area contributed by atoms with Crippen LogP contribution in [0, 0.1) is 6.92 Å². The lowest BCUT2D eigenvalue weighted by molar-refractivity contribution is -0.134. The molecule has 270 valence electrons. The number of rotatable bonds is 9. The van der Waals surface area contributed by atoms with Gasteiger partial charge in [0.1, 0.15) is 11.5 Å². The summed E-state index contributed by atoms with van der Waals surface area (Å²) in [6, 6.07) is 12.8. The highest BCUT2D eigenvalue weighted by Gasteiger charge is 2.34. The SMILES string of the molecule is CC(=O)c1c(C)c2cnc(Nc3ccc(N4CC(N5CCN(Cc6ccc(C7CCC(=O)NC7=O)cc6)CC5)C4)cn3)nc2n(C2CCCC2)c1=O. The molecule has 6 heterocycles. The maximum atomic E-state index is 13.5. The lowest BCUT2D eigenvalue weighted by Crippen LogP contribution is -2.63. The molecule has 2 N–H and O–H groups in total. The fourth-order valence-electron chi connectivity index (χ4n) is 8.38. The Balaban J connectivity index is 0.841. The van der Waals surface area contributed by atoms with Gasteiger partial charge in [0, 0.05) is 75.9 Å². The lowest BCUT2D eigenvalue weighted by Gasteiger charge is -2.49. The van der Waals surface area contributed by atoms with Crippen molar-refractivity contribution in [2.45, 2.75) is 76.9 Å². The molecule has 1 saturated carbocycles. The van der Waals surface area contributed by atoms with E-state index in [-0.39, 0.29) is 40.7 Å². The Labute approximate surface area is 302 Å². The van der Waals surface area contributed by atoms with Crippen LogP contribution in [0.25, 0.3) is 11.0 Å². The first-order chi connectivity index (χ1) is 25.2. The van der Waals surface area contributed by atoms with Crippen molar-refractivity contribution in [2.75, 3.05) is 49.5 Å². The van der Waals surface area contributed by atoms with Crippen LogP contribution < -0.4 is 21.1 Å². The average Bonchev–Trinajstić information content (AvgIpc) is 3.64. The number of nitrogens with one attached hydrogen (secondary N) is 2. The second-order valence-corrected chi connectivity index (χ2v) is 14.7. The number of carbonyl (C=O) groups excluding carboxylic acids is 3. The van der Waals surface area contributed by atoms with Crippen LogP contribution in [0.5, 0.6) is 0 Å². The number of carbonyl (C=O) groups is 3. The Hall–Kier alpha value is -5.01. The largest absolute Gasteiger partial charge is 0.367 e. The first-order valence-electron chi connectivity index (χ1n) is 18.5. The highest BCUT2D eigenvalue weighted by molar-refractivity contribution is 6.01. The van der Waals surface area contributed by atoms with E-state index < -0.39 is 0 Å². The Morgan fingerprint density at radius 3 is 2.33 bits per heavy atom. The third-order valence-corrected chi connectivity index (χ3v) is 11.4. The summed E-state index contributed by atoms with van der Waals surface area (Å²) in [5.41, 5.74) is 4.43. The first-order valence-corrected chi connectivity index (χ1v) is 18.5. The molecule has 0 bridgehead atoms. The molecule has 3 aromatic heterocycles. The molecule has 4 aromatic rings. The van der Waals surface area contributed by atoms with Crippen LogP contribution in [0.4, 0.5) is 17.5 Å². The predicted octanol–water partition coefficient (Wildman–Crippen LogP) is 4.08. The molecule has 4 fully saturated rings. The molecule has 0 spiro atoms. The number of anilines is 3. The van der Waals surface area contributed by atoms with Gasteiger partial charge in [-0.3, -0.25) is 38.9 Å². The predicted molar refractivity (Wildman–Crippen MR) is 198 cm³/mol. The van der Waals surface area contributed by atoms with Crippen LogP contribution in [0.3, 0.4) is 0 Å². The van der Waals surface area contributed by atoms with Crippen molar-refractivity contribution in [1.29, 1.82) is 0 Å². The number of amides is 2. The second kappa shape index (κ2) is 14.2. The number of aromatic nitrogens is 4. The van der Waals surface area contributed by atoms with E-state index in [9.17, 15) is 19.2 Å². The van der Waals surface area contributed by atoms with Crippen LogP contribution in [0.15, 0.2) is 53.6 Å². The van der Waals surface area contributed by atoms with Crippen molar-refractivity contribution < 1.29 is 14.4 Å². The summed E-state index contributed by atoms with van der Waals surface area (Å²) in [7, 11) is 0. The molecular weight excluding hydrogens is 658 g/mol. The summed E-state index contributed by atoms with van der Waals surface area (Å²) in [5.74, 6) is 0.128. The third-order valence-electron chi connectivity index (χ3n) is 11.4. The minimum atomic E-state index is -0.262. The number of ketones is 1. The van der Waals surface area contributed by atoms with E-state index in [0.29, 0.717) is 41.9 Å². The van der Waals surface area contributed by atoms with Gasteiger partial charge < -0.3 is 10.2 Å². The minimum Gasteiger partial charge on any atom is -0.367 e. The molecule has 13 nitrogen and oxygen atoms in total. The number of imide groups is 1. The van der Waals surface area contributed by atoms with E-state index in [2.05, 4.69) is 53.5 Å². The van der Waals surface area contributed by atoms with Gasteiger partial charge >= 0.3 is 0 Å². The molecule has 1 unspecified atom stereocenters. The van der Waals surface area contributed by atoms with Gasteiger partial charge in [-0.25, -0.2) is 9.97 Å². The van der Waals surface area contributed by atoms with E-state index >= 15 is 0 Å². The molecule has 2 amide bonds. The summed E-state index contributed by atoms with van der Waals surface area (Å²) in [6.45, 7) is 10.1. The Morgan fingerprint density at radius 1 is 0.904 bits per heavy atom. The fourth-order valence-corrected chi connectivity index (χ4v) is 8.38. The number of Topliss-reactive ketones (excluding diaryl/α,β-unsaturated/α-hetero) is 1. The number of pyridine rings is 2. The maximum Gasteiger partial charge on any atom is 0.263 e. The Bertz CT molecular complexity index is 2060. The van der Waals surface area contributed by atoms with Crippen LogP contribution in [-0.4, -0.2) is 92.2 Å². The van der Waals surface area contributed by atoms with Crippen LogP contribution in [0.2, 0.25) is 0 Å². The van der Waals surface area contributed by atoms with Gasteiger partial charge in [0.05, 0.1) is 23.4 Å². The fraction of sp³-hybridized carbons (Fsp3) is 0.462. The number of hydrogen-bond acceptors (Lipinski definition) is 11. The van der Waals surface area contributed by atoms with Crippen molar-refractivity contribution in [3.05, 3.63) is 81.4 Å². The Morgan fingerprint density at radius 2 is 1.65 bits per heavy atom. The van der Waals surface area contributed by atoms with Gasteiger partial charge in [0.15, 0.2) is 5.78 Å². The van der Waals surface area contributed by atoms with E-state index in [1.165, 1.54) is 12.5 Å². The van der Waals surface area contributed by atoms with Gasteiger partial charge in [-0.1, -0.05) is 37.1 Å². The quantitative estimate of drug-likeness (QED) is 0.192. The number of fused-ring (bicyclic) bond motifs is 1. The number of nitrogens with zero attached hydrogens (tertiary/aromatic N) is 7. The highest BCUT2D eigenvalue weighted by atomic mass is 16.2. The zero-order chi connectivity index (χ0) is 35.9. The molecule has 1 aliphatic carbocycles. The number of benzene rings is 1. The van der Waals surface area contributed by atoms with E-state index in [0.717, 1.165) is 88.1 Å². The maximum absolute atomic E-state index is 13.5. The molecule has 52 heavy (non-hydrogen) atoms. The van der Waals surface area contributed by atoms with Gasteiger partial charge in [-0.05, 0) is 61.9 Å². The van der Waals surface area contributed by atoms with Crippen molar-refractivity contribution >= 4 is 46.1 Å². The smallest absolute Gasteiger partial charge is 0.263 e. The van der Waals surface area contributed by atoms with Crippen LogP contribution in [0.1, 0.15) is 84.5 Å². The van der Waals surface area contributed by atoms with E-state index in [1.807, 2.05) is 24.4 Å². The van der Waals surface area contributed by atoms with Gasteiger partial charge in [0.25, 0.3) is 5.56 Å². The van der Waals surface area contributed by atoms with Crippen molar-refractivity contribution in [2.24, 2.45) is 0 Å². The third kappa shape index (κ3) is 6.70. The minimum absolute atomic E-state index is 0.0242. The zero-order valence-corrected chi connectivity index (χ0v) is 29.8. The standard InChI is InChI=1S/C39H45N9O4/c1-24-32-20-41-39(44-36(32)48(28-5-3-4-6-28)38(52)35(24)25(2)49)42-33-13-11-29(19-40-33)47-22-30(23-47)46-17-15-45(16-18-46)21-26-7-9-27(10-8-26)31-12-14-34(50)43-37(31)51/h7-11,13,19-20,28,30-31H,3-6,12,14-18,21-23H2,1-2H3,(H,43,50,51)(H,40,41,42,44). The van der Waals surface area contributed by atoms with E-state index in [1.54, 1.807) is 17.7 Å². The molecule has 1 aromatic carbocycles. The summed E-state index contributed by atoms with van der Waals surface area (Å²) in [4.78, 5) is 71.1. The molecular formula is C39H45N9O4. The molecule has 3 aliphatic heterocycles. The summed E-state index contributed by atoms with van der Waals surface area (Å²) in [6.07, 6.45) is 8.43. The van der Waals surface area contributed by atoms with Crippen molar-refractivity contribution in [3.8, 4) is 0 Å². The number of hydrogen-bond donors (Lipinski definition) is 2. The number of piperazine rings is 1.